The number of fused-ring (bicyclic) bond motifs is 1. The average molecular weight is 283 g/mol. The van der Waals surface area contributed by atoms with E-state index in [1.54, 1.807) is 6.07 Å². The highest BCUT2D eigenvalue weighted by atomic mass is 32.2. The van der Waals surface area contributed by atoms with E-state index in [1.807, 2.05) is 0 Å². The first kappa shape index (κ1) is 12.4. The second-order valence-corrected chi connectivity index (χ2v) is 6.19. The Kier molecular flexibility index (Phi) is 2.92. The Hall–Kier alpha value is -1.64. The molecule has 0 aliphatic carbocycles. The Morgan fingerprint density at radius 1 is 1.16 bits per heavy atom. The van der Waals surface area contributed by atoms with Crippen molar-refractivity contribution in [3.05, 3.63) is 28.7 Å². The predicted octanol–water partition coefficient (Wildman–Crippen LogP) is 0.572. The number of hydroxylamine groups is 1. The van der Waals surface area contributed by atoms with Gasteiger partial charge in [-0.05, 0) is 31.0 Å². The second-order valence-electron chi connectivity index (χ2n) is 4.36. The van der Waals surface area contributed by atoms with Gasteiger partial charge in [0.05, 0.1) is 22.5 Å². The minimum absolute atomic E-state index is 0.108. The van der Waals surface area contributed by atoms with Crippen LogP contribution < -0.4 is 5.69 Å². The van der Waals surface area contributed by atoms with Gasteiger partial charge in [-0.1, -0.05) is 4.47 Å². The molecule has 1 aromatic heterocycles. The molecule has 0 amide bonds. The van der Waals surface area contributed by atoms with Gasteiger partial charge < -0.3 is 9.97 Å². The van der Waals surface area contributed by atoms with Gasteiger partial charge in [0.15, 0.2) is 0 Å². The van der Waals surface area contributed by atoms with E-state index < -0.39 is 10.0 Å². The SMILES string of the molecule is O=c1[nH]c2ccc(S(=O)(=O)N3CCCCO3)cc2[nH]1. The van der Waals surface area contributed by atoms with E-state index in [0.29, 0.717) is 24.2 Å². The second kappa shape index (κ2) is 4.48. The Morgan fingerprint density at radius 2 is 1.95 bits per heavy atom. The van der Waals surface area contributed by atoms with Crippen molar-refractivity contribution in [1.82, 2.24) is 14.4 Å². The average Bonchev–Trinajstić information content (AvgIpc) is 2.78. The van der Waals surface area contributed by atoms with Crippen LogP contribution in [0.3, 0.4) is 0 Å². The van der Waals surface area contributed by atoms with Crippen LogP contribution in [-0.2, 0) is 14.9 Å². The molecule has 102 valence electrons. The minimum atomic E-state index is -3.67. The number of H-pyrrole nitrogens is 2. The summed E-state index contributed by atoms with van der Waals surface area (Å²) in [6, 6.07) is 4.45. The molecule has 19 heavy (non-hydrogen) atoms. The highest BCUT2D eigenvalue weighted by Crippen LogP contribution is 2.21. The van der Waals surface area contributed by atoms with Crippen molar-refractivity contribution in [2.75, 3.05) is 13.2 Å². The van der Waals surface area contributed by atoms with Crippen molar-refractivity contribution in [2.45, 2.75) is 17.7 Å². The van der Waals surface area contributed by atoms with Crippen LogP contribution in [0.5, 0.6) is 0 Å². The van der Waals surface area contributed by atoms with Crippen molar-refractivity contribution >= 4 is 21.1 Å². The first-order valence-corrected chi connectivity index (χ1v) is 7.39. The van der Waals surface area contributed by atoms with Gasteiger partial charge in [0.2, 0.25) is 0 Å². The van der Waals surface area contributed by atoms with Gasteiger partial charge in [0.1, 0.15) is 0 Å². The van der Waals surface area contributed by atoms with Crippen LogP contribution in [0.25, 0.3) is 11.0 Å². The van der Waals surface area contributed by atoms with Gasteiger partial charge >= 0.3 is 5.69 Å². The summed E-state index contributed by atoms with van der Waals surface area (Å²) in [5.74, 6) is 0. The molecular formula is C11H13N3O4S. The first-order valence-electron chi connectivity index (χ1n) is 5.95. The number of nitrogens with one attached hydrogen (secondary N) is 2. The normalized spacial score (nSPS) is 17.9. The molecule has 1 saturated heterocycles. The first-order chi connectivity index (χ1) is 9.07. The maximum Gasteiger partial charge on any atom is 0.323 e. The number of nitrogens with zero attached hydrogens (tertiary/aromatic N) is 1. The highest BCUT2D eigenvalue weighted by Gasteiger charge is 2.27. The zero-order valence-electron chi connectivity index (χ0n) is 10.0. The maximum absolute atomic E-state index is 12.3. The van der Waals surface area contributed by atoms with E-state index in [0.717, 1.165) is 17.3 Å². The Balaban J connectivity index is 2.04. The molecule has 0 atom stereocenters. The van der Waals surface area contributed by atoms with Crippen molar-refractivity contribution < 1.29 is 13.3 Å². The van der Waals surface area contributed by atoms with Crippen LogP contribution in [0.1, 0.15) is 12.8 Å². The lowest BCUT2D eigenvalue weighted by Crippen LogP contribution is -2.35. The molecule has 0 spiro atoms. The molecule has 1 aliphatic heterocycles. The molecule has 0 unspecified atom stereocenters. The monoisotopic (exact) mass is 283 g/mol. The summed E-state index contributed by atoms with van der Waals surface area (Å²) in [5.41, 5.74) is 0.672. The smallest absolute Gasteiger partial charge is 0.306 e. The van der Waals surface area contributed by atoms with Gasteiger partial charge in [0.25, 0.3) is 10.0 Å². The van der Waals surface area contributed by atoms with Crippen LogP contribution in [0.15, 0.2) is 27.9 Å². The highest BCUT2D eigenvalue weighted by molar-refractivity contribution is 7.89. The molecule has 2 heterocycles. The van der Waals surface area contributed by atoms with Crippen LogP contribution in [-0.4, -0.2) is 36.0 Å². The lowest BCUT2D eigenvalue weighted by Gasteiger charge is -2.25. The number of aromatic amines is 2. The molecule has 1 aliphatic rings. The van der Waals surface area contributed by atoms with Gasteiger partial charge in [0, 0.05) is 6.54 Å². The fraction of sp³-hybridized carbons (Fsp3) is 0.364. The van der Waals surface area contributed by atoms with Gasteiger partial charge in [-0.25, -0.2) is 13.2 Å². The quantitative estimate of drug-likeness (QED) is 0.842. The number of hydrogen-bond acceptors (Lipinski definition) is 4. The molecule has 8 heteroatoms. The Labute approximate surface area is 109 Å². The molecule has 1 fully saturated rings. The minimum Gasteiger partial charge on any atom is -0.306 e. The zero-order valence-corrected chi connectivity index (χ0v) is 10.9. The molecule has 7 nitrogen and oxygen atoms in total. The van der Waals surface area contributed by atoms with Crippen LogP contribution in [0, 0.1) is 0 Å². The molecule has 0 bridgehead atoms. The number of benzene rings is 1. The van der Waals surface area contributed by atoms with Crippen LogP contribution in [0.4, 0.5) is 0 Å². The Bertz CT molecular complexity index is 756. The third kappa shape index (κ3) is 2.18. The lowest BCUT2D eigenvalue weighted by atomic mass is 10.3. The summed E-state index contributed by atoms with van der Waals surface area (Å²) in [6.45, 7) is 0.756. The summed E-state index contributed by atoms with van der Waals surface area (Å²) < 4.78 is 25.7. The number of hydrogen-bond donors (Lipinski definition) is 2. The van der Waals surface area contributed by atoms with Crippen LogP contribution >= 0.6 is 0 Å². The van der Waals surface area contributed by atoms with E-state index in [1.165, 1.54) is 12.1 Å². The number of aromatic nitrogens is 2. The third-order valence-electron chi connectivity index (χ3n) is 3.02. The zero-order chi connectivity index (χ0) is 13.5. The van der Waals surface area contributed by atoms with E-state index >= 15 is 0 Å². The topological polar surface area (TPSA) is 95.3 Å². The predicted molar refractivity (Wildman–Crippen MR) is 68.0 cm³/mol. The summed E-state index contributed by atoms with van der Waals surface area (Å²) >= 11 is 0. The maximum atomic E-state index is 12.3. The lowest BCUT2D eigenvalue weighted by molar-refractivity contribution is -0.108. The summed E-state index contributed by atoms with van der Waals surface area (Å²) in [6.07, 6.45) is 1.64. The molecule has 0 radical (unpaired) electrons. The van der Waals surface area contributed by atoms with Gasteiger partial charge in [-0.2, -0.15) is 0 Å². The molecule has 2 N–H and O–H groups in total. The van der Waals surface area contributed by atoms with E-state index in [4.69, 9.17) is 4.84 Å². The summed E-state index contributed by atoms with van der Waals surface area (Å²) in [5, 5.41) is 0. The van der Waals surface area contributed by atoms with Crippen molar-refractivity contribution in [3.8, 4) is 0 Å². The summed E-state index contributed by atoms with van der Waals surface area (Å²) in [7, 11) is -3.67. The standard InChI is InChI=1S/C11H13N3O4S/c15-11-12-9-4-3-8(7-10(9)13-11)19(16,17)14-5-1-2-6-18-14/h3-4,7H,1-2,5-6H2,(H2,12,13,15). The fourth-order valence-corrected chi connectivity index (χ4v) is 3.38. The number of imidazole rings is 1. The molecular weight excluding hydrogens is 270 g/mol. The van der Waals surface area contributed by atoms with E-state index in [-0.39, 0.29) is 10.6 Å². The van der Waals surface area contributed by atoms with Crippen molar-refractivity contribution in [1.29, 1.82) is 0 Å². The molecule has 1 aromatic carbocycles. The summed E-state index contributed by atoms with van der Waals surface area (Å²) in [4.78, 5) is 21.5. The van der Waals surface area contributed by atoms with E-state index in [9.17, 15) is 13.2 Å². The van der Waals surface area contributed by atoms with E-state index in [2.05, 4.69) is 9.97 Å². The number of rotatable bonds is 2. The molecule has 2 aromatic rings. The van der Waals surface area contributed by atoms with Crippen molar-refractivity contribution in [2.24, 2.45) is 0 Å². The largest absolute Gasteiger partial charge is 0.323 e. The number of sulfonamides is 1. The third-order valence-corrected chi connectivity index (χ3v) is 4.70. The Morgan fingerprint density at radius 3 is 2.68 bits per heavy atom. The van der Waals surface area contributed by atoms with Gasteiger partial charge in [-0.3, -0.25) is 4.84 Å². The van der Waals surface area contributed by atoms with Crippen molar-refractivity contribution in [3.63, 3.8) is 0 Å². The van der Waals surface area contributed by atoms with Gasteiger partial charge in [-0.15, -0.1) is 0 Å². The fourth-order valence-electron chi connectivity index (χ4n) is 2.05. The molecule has 0 saturated carbocycles. The molecule has 3 rings (SSSR count). The van der Waals surface area contributed by atoms with Crippen LogP contribution in [0.2, 0.25) is 0 Å².